The number of aromatic nitrogens is 2. The highest BCUT2D eigenvalue weighted by Gasteiger charge is 2.18. The van der Waals surface area contributed by atoms with Gasteiger partial charge < -0.3 is 4.74 Å². The standard InChI is InChI=1S/C16H14N2O3S/c1-10(19)9-21-16(20)14-8-13-11(2)17-18(15(13)22-14)12-6-4-3-5-7-12/h3-8H,9H2,1-2H3. The van der Waals surface area contributed by atoms with Crippen LogP contribution in [0.3, 0.4) is 0 Å². The van der Waals surface area contributed by atoms with E-state index in [4.69, 9.17) is 4.74 Å². The number of ketones is 1. The molecule has 3 rings (SSSR count). The van der Waals surface area contributed by atoms with Crippen LogP contribution in [0.5, 0.6) is 0 Å². The molecule has 0 saturated heterocycles. The van der Waals surface area contributed by atoms with Crippen LogP contribution in [0.2, 0.25) is 0 Å². The van der Waals surface area contributed by atoms with Gasteiger partial charge in [-0.3, -0.25) is 4.79 Å². The van der Waals surface area contributed by atoms with E-state index >= 15 is 0 Å². The molecular formula is C16H14N2O3S. The fraction of sp³-hybridized carbons (Fsp3) is 0.188. The maximum Gasteiger partial charge on any atom is 0.348 e. The number of fused-ring (bicyclic) bond motifs is 1. The van der Waals surface area contributed by atoms with E-state index in [0.29, 0.717) is 4.88 Å². The Morgan fingerprint density at radius 2 is 2.00 bits per heavy atom. The summed E-state index contributed by atoms with van der Waals surface area (Å²) in [4.78, 5) is 24.3. The molecule has 0 aliphatic heterocycles. The summed E-state index contributed by atoms with van der Waals surface area (Å²) in [6, 6.07) is 11.5. The van der Waals surface area contributed by atoms with Gasteiger partial charge in [-0.1, -0.05) is 18.2 Å². The van der Waals surface area contributed by atoms with E-state index in [0.717, 1.165) is 21.6 Å². The molecule has 0 radical (unpaired) electrons. The average Bonchev–Trinajstić information content (AvgIpc) is 3.07. The molecule has 0 fully saturated rings. The molecule has 2 aromatic heterocycles. The zero-order valence-corrected chi connectivity index (χ0v) is 13.0. The zero-order valence-electron chi connectivity index (χ0n) is 12.2. The van der Waals surface area contributed by atoms with Gasteiger partial charge in [0.1, 0.15) is 16.3 Å². The molecule has 0 aliphatic carbocycles. The number of thiophene rings is 1. The van der Waals surface area contributed by atoms with Gasteiger partial charge in [-0.05, 0) is 32.0 Å². The Morgan fingerprint density at radius 3 is 2.68 bits per heavy atom. The molecule has 0 atom stereocenters. The summed E-state index contributed by atoms with van der Waals surface area (Å²) in [6.45, 7) is 3.09. The van der Waals surface area contributed by atoms with Gasteiger partial charge in [0, 0.05) is 5.39 Å². The molecule has 5 nitrogen and oxygen atoms in total. The van der Waals surface area contributed by atoms with Crippen molar-refractivity contribution >= 4 is 33.3 Å². The lowest BCUT2D eigenvalue weighted by atomic mass is 10.3. The minimum absolute atomic E-state index is 0.180. The van der Waals surface area contributed by atoms with E-state index in [2.05, 4.69) is 5.10 Å². The highest BCUT2D eigenvalue weighted by Crippen LogP contribution is 2.30. The highest BCUT2D eigenvalue weighted by molar-refractivity contribution is 7.20. The highest BCUT2D eigenvalue weighted by atomic mass is 32.1. The second kappa shape index (κ2) is 5.73. The predicted molar refractivity (Wildman–Crippen MR) is 84.6 cm³/mol. The first-order chi connectivity index (χ1) is 10.6. The number of hydrogen-bond acceptors (Lipinski definition) is 5. The van der Waals surface area contributed by atoms with Crippen LogP contribution in [0.25, 0.3) is 15.9 Å². The average molecular weight is 314 g/mol. The Hall–Kier alpha value is -2.47. The van der Waals surface area contributed by atoms with Crippen LogP contribution in [0.4, 0.5) is 0 Å². The topological polar surface area (TPSA) is 61.2 Å². The molecule has 1 aromatic carbocycles. The number of esters is 1. The summed E-state index contributed by atoms with van der Waals surface area (Å²) >= 11 is 1.31. The van der Waals surface area contributed by atoms with E-state index < -0.39 is 5.97 Å². The first kappa shape index (κ1) is 14.5. The lowest BCUT2D eigenvalue weighted by Gasteiger charge is -2.01. The molecule has 0 amide bonds. The zero-order chi connectivity index (χ0) is 15.7. The van der Waals surface area contributed by atoms with Crippen LogP contribution in [0, 0.1) is 6.92 Å². The van der Waals surface area contributed by atoms with Crippen LogP contribution in [0.1, 0.15) is 22.3 Å². The minimum atomic E-state index is -0.476. The summed E-state index contributed by atoms with van der Waals surface area (Å²) in [5.74, 6) is -0.656. The SMILES string of the molecule is CC(=O)COC(=O)c1cc2c(C)nn(-c3ccccc3)c2s1. The van der Waals surface area contributed by atoms with Crippen molar-refractivity contribution in [1.82, 2.24) is 9.78 Å². The second-order valence-corrected chi connectivity index (χ2v) is 5.97. The number of rotatable bonds is 4. The molecule has 0 N–H and O–H groups in total. The summed E-state index contributed by atoms with van der Waals surface area (Å²) in [5, 5.41) is 5.44. The molecule has 2 heterocycles. The number of carbonyl (C=O) groups excluding carboxylic acids is 2. The number of Topliss-reactive ketones (excluding diaryl/α,β-unsaturated/α-hetero) is 1. The third-order valence-corrected chi connectivity index (χ3v) is 4.24. The number of ether oxygens (including phenoxy) is 1. The van der Waals surface area contributed by atoms with E-state index in [1.54, 1.807) is 6.07 Å². The Morgan fingerprint density at radius 1 is 1.27 bits per heavy atom. The van der Waals surface area contributed by atoms with Crippen molar-refractivity contribution < 1.29 is 14.3 Å². The molecule has 112 valence electrons. The fourth-order valence-electron chi connectivity index (χ4n) is 2.13. The first-order valence-corrected chi connectivity index (χ1v) is 7.59. The monoisotopic (exact) mass is 314 g/mol. The summed E-state index contributed by atoms with van der Waals surface area (Å²) in [6.07, 6.45) is 0. The van der Waals surface area contributed by atoms with Gasteiger partial charge in [0.2, 0.25) is 0 Å². The van der Waals surface area contributed by atoms with Gasteiger partial charge in [-0.15, -0.1) is 11.3 Å². The molecule has 0 spiro atoms. The summed E-state index contributed by atoms with van der Waals surface area (Å²) in [5.41, 5.74) is 1.78. The Kier molecular flexibility index (Phi) is 3.77. The normalized spacial score (nSPS) is 10.8. The van der Waals surface area contributed by atoms with E-state index in [-0.39, 0.29) is 12.4 Å². The molecule has 0 saturated carbocycles. The fourth-order valence-corrected chi connectivity index (χ4v) is 3.21. The van der Waals surface area contributed by atoms with Crippen LogP contribution >= 0.6 is 11.3 Å². The van der Waals surface area contributed by atoms with Crippen molar-refractivity contribution in [3.63, 3.8) is 0 Å². The minimum Gasteiger partial charge on any atom is -0.454 e. The Balaban J connectivity index is 2.00. The quantitative estimate of drug-likeness (QED) is 0.694. The maximum absolute atomic E-state index is 12.0. The lowest BCUT2D eigenvalue weighted by molar-refractivity contribution is -0.120. The van der Waals surface area contributed by atoms with Crippen molar-refractivity contribution in [2.45, 2.75) is 13.8 Å². The third-order valence-electron chi connectivity index (χ3n) is 3.15. The maximum atomic E-state index is 12.0. The van der Waals surface area contributed by atoms with Crippen molar-refractivity contribution in [3.8, 4) is 5.69 Å². The van der Waals surface area contributed by atoms with Gasteiger partial charge in [-0.25, -0.2) is 9.48 Å². The molecule has 6 heteroatoms. The van der Waals surface area contributed by atoms with E-state index in [1.165, 1.54) is 18.3 Å². The summed E-state index contributed by atoms with van der Waals surface area (Å²) < 4.78 is 6.78. The third kappa shape index (κ3) is 2.65. The van der Waals surface area contributed by atoms with Crippen LogP contribution < -0.4 is 0 Å². The molecular weight excluding hydrogens is 300 g/mol. The van der Waals surface area contributed by atoms with Crippen LogP contribution in [-0.2, 0) is 9.53 Å². The number of nitrogens with zero attached hydrogens (tertiary/aromatic N) is 2. The van der Waals surface area contributed by atoms with Crippen molar-refractivity contribution in [1.29, 1.82) is 0 Å². The number of benzene rings is 1. The number of hydrogen-bond donors (Lipinski definition) is 0. The van der Waals surface area contributed by atoms with Crippen molar-refractivity contribution in [2.24, 2.45) is 0 Å². The largest absolute Gasteiger partial charge is 0.454 e. The number of carbonyl (C=O) groups is 2. The molecule has 0 bridgehead atoms. The van der Waals surface area contributed by atoms with Crippen LogP contribution in [0.15, 0.2) is 36.4 Å². The first-order valence-electron chi connectivity index (χ1n) is 6.77. The molecule has 22 heavy (non-hydrogen) atoms. The molecule has 0 aliphatic rings. The lowest BCUT2D eigenvalue weighted by Crippen LogP contribution is -2.10. The van der Waals surface area contributed by atoms with Gasteiger partial charge in [0.25, 0.3) is 0 Å². The van der Waals surface area contributed by atoms with Crippen molar-refractivity contribution in [2.75, 3.05) is 6.61 Å². The van der Waals surface area contributed by atoms with Gasteiger partial charge >= 0.3 is 5.97 Å². The second-order valence-electron chi connectivity index (χ2n) is 4.94. The number of aryl methyl sites for hydroxylation is 1. The van der Waals surface area contributed by atoms with Gasteiger partial charge in [0.15, 0.2) is 5.78 Å². The van der Waals surface area contributed by atoms with Gasteiger partial charge in [-0.2, -0.15) is 5.10 Å². The number of para-hydroxylation sites is 1. The van der Waals surface area contributed by atoms with Gasteiger partial charge in [0.05, 0.1) is 11.4 Å². The Bertz CT molecular complexity index is 849. The smallest absolute Gasteiger partial charge is 0.348 e. The summed E-state index contributed by atoms with van der Waals surface area (Å²) in [7, 11) is 0. The van der Waals surface area contributed by atoms with E-state index in [9.17, 15) is 9.59 Å². The molecule has 3 aromatic rings. The Labute approximate surface area is 131 Å². The predicted octanol–water partition coefficient (Wildman–Crippen LogP) is 3.14. The van der Waals surface area contributed by atoms with Crippen LogP contribution in [-0.4, -0.2) is 28.1 Å². The van der Waals surface area contributed by atoms with Crippen molar-refractivity contribution in [3.05, 3.63) is 47.0 Å². The molecule has 0 unspecified atom stereocenters. The van der Waals surface area contributed by atoms with E-state index in [1.807, 2.05) is 41.9 Å².